The van der Waals surface area contributed by atoms with Crippen molar-refractivity contribution < 1.29 is 9.72 Å². The Morgan fingerprint density at radius 3 is 2.57 bits per heavy atom. The second kappa shape index (κ2) is 5.41. The standard InChI is InChI=1S/C12H10N4O5/c1-15(9-6-13-12(19)14-10(9)17)11(18)7-4-2-3-5-8(7)16(20)21/h2-6H,1H3,(H2,13,14,17,19). The minimum atomic E-state index is -0.770. The second-order valence-electron chi connectivity index (χ2n) is 4.10. The molecule has 9 heteroatoms. The third-order valence-electron chi connectivity index (χ3n) is 2.80. The third kappa shape index (κ3) is 2.71. The molecule has 2 N–H and O–H groups in total. The first-order valence-corrected chi connectivity index (χ1v) is 5.75. The zero-order valence-electron chi connectivity index (χ0n) is 10.8. The van der Waals surface area contributed by atoms with Crippen LogP contribution >= 0.6 is 0 Å². The number of nitro groups is 1. The summed E-state index contributed by atoms with van der Waals surface area (Å²) >= 11 is 0. The summed E-state index contributed by atoms with van der Waals surface area (Å²) in [7, 11) is 1.28. The summed E-state index contributed by atoms with van der Waals surface area (Å²) in [5.74, 6) is -0.736. The molecule has 0 bridgehead atoms. The van der Waals surface area contributed by atoms with Crippen LogP contribution in [0.4, 0.5) is 11.4 Å². The van der Waals surface area contributed by atoms with Crippen LogP contribution in [0.2, 0.25) is 0 Å². The highest BCUT2D eigenvalue weighted by Gasteiger charge is 2.24. The van der Waals surface area contributed by atoms with Crippen LogP contribution in [0.15, 0.2) is 40.1 Å². The number of carbonyl (C=O) groups excluding carboxylic acids is 1. The first kappa shape index (κ1) is 14.2. The fraction of sp³-hybridized carbons (Fsp3) is 0.0833. The summed E-state index contributed by atoms with van der Waals surface area (Å²) in [5.41, 5.74) is -2.13. The number of aromatic nitrogens is 2. The van der Waals surface area contributed by atoms with Crippen molar-refractivity contribution in [2.75, 3.05) is 11.9 Å². The van der Waals surface area contributed by atoms with Gasteiger partial charge in [-0.25, -0.2) is 4.79 Å². The molecule has 0 atom stereocenters. The normalized spacial score (nSPS) is 10.1. The fourth-order valence-electron chi connectivity index (χ4n) is 1.76. The van der Waals surface area contributed by atoms with Crippen LogP contribution in [0.5, 0.6) is 0 Å². The van der Waals surface area contributed by atoms with Gasteiger partial charge in [0.05, 0.1) is 4.92 Å². The largest absolute Gasteiger partial charge is 0.325 e. The van der Waals surface area contributed by atoms with Crippen LogP contribution in [-0.2, 0) is 0 Å². The highest BCUT2D eigenvalue weighted by atomic mass is 16.6. The first-order chi connectivity index (χ1) is 9.91. The van der Waals surface area contributed by atoms with E-state index in [-0.39, 0.29) is 16.9 Å². The lowest BCUT2D eigenvalue weighted by molar-refractivity contribution is -0.385. The van der Waals surface area contributed by atoms with Crippen LogP contribution < -0.4 is 16.1 Å². The van der Waals surface area contributed by atoms with Gasteiger partial charge in [0.25, 0.3) is 17.2 Å². The Balaban J connectivity index is 2.47. The molecule has 0 aliphatic rings. The molecule has 21 heavy (non-hydrogen) atoms. The second-order valence-corrected chi connectivity index (χ2v) is 4.10. The molecule has 0 fully saturated rings. The van der Waals surface area contributed by atoms with E-state index in [0.29, 0.717) is 0 Å². The molecule has 0 unspecified atom stereocenters. The number of rotatable bonds is 3. The van der Waals surface area contributed by atoms with E-state index < -0.39 is 22.1 Å². The Bertz CT molecular complexity index is 823. The van der Waals surface area contributed by atoms with Gasteiger partial charge >= 0.3 is 5.69 Å². The maximum atomic E-state index is 12.3. The van der Waals surface area contributed by atoms with Gasteiger partial charge in [-0.2, -0.15) is 0 Å². The number of anilines is 1. The van der Waals surface area contributed by atoms with E-state index >= 15 is 0 Å². The molecule has 2 aromatic rings. The zero-order chi connectivity index (χ0) is 15.6. The van der Waals surface area contributed by atoms with Crippen molar-refractivity contribution in [3.63, 3.8) is 0 Å². The van der Waals surface area contributed by atoms with E-state index in [1.807, 2.05) is 4.98 Å². The molecule has 9 nitrogen and oxygen atoms in total. The van der Waals surface area contributed by atoms with Gasteiger partial charge in [-0.05, 0) is 6.07 Å². The average Bonchev–Trinajstić information content (AvgIpc) is 2.45. The molecule has 0 radical (unpaired) electrons. The number of carbonyl (C=O) groups is 1. The number of nitrogens with zero attached hydrogens (tertiary/aromatic N) is 2. The number of benzene rings is 1. The molecule has 1 heterocycles. The Hall–Kier alpha value is -3.23. The van der Waals surface area contributed by atoms with Crippen LogP contribution in [0, 0.1) is 10.1 Å². The number of nitrogens with one attached hydrogen (secondary N) is 2. The Kier molecular flexibility index (Phi) is 3.65. The van der Waals surface area contributed by atoms with E-state index in [9.17, 15) is 24.5 Å². The molecule has 1 aromatic carbocycles. The average molecular weight is 290 g/mol. The van der Waals surface area contributed by atoms with Crippen LogP contribution in [0.1, 0.15) is 10.4 Å². The molecule has 0 aliphatic carbocycles. The summed E-state index contributed by atoms with van der Waals surface area (Å²) in [6.07, 6.45) is 1.06. The Morgan fingerprint density at radius 1 is 1.29 bits per heavy atom. The number of hydrogen-bond donors (Lipinski definition) is 2. The van der Waals surface area contributed by atoms with E-state index in [1.165, 1.54) is 31.3 Å². The van der Waals surface area contributed by atoms with Gasteiger partial charge in [0, 0.05) is 19.3 Å². The predicted octanol–water partition coefficient (Wildman–Crippen LogP) is 0.248. The number of H-pyrrole nitrogens is 2. The predicted molar refractivity (Wildman–Crippen MR) is 73.5 cm³/mol. The summed E-state index contributed by atoms with van der Waals surface area (Å²) in [4.78, 5) is 50.2. The molecule has 1 aromatic heterocycles. The monoisotopic (exact) mass is 290 g/mol. The summed E-state index contributed by atoms with van der Waals surface area (Å²) in [6.45, 7) is 0. The van der Waals surface area contributed by atoms with Crippen molar-refractivity contribution in [3.8, 4) is 0 Å². The number of hydrogen-bond acceptors (Lipinski definition) is 5. The molecule has 2 rings (SSSR count). The molecule has 0 aliphatic heterocycles. The summed E-state index contributed by atoms with van der Waals surface area (Å²) in [5, 5.41) is 10.9. The van der Waals surface area contributed by atoms with Crippen LogP contribution in [0.25, 0.3) is 0 Å². The van der Waals surface area contributed by atoms with Gasteiger partial charge in [-0.15, -0.1) is 0 Å². The highest BCUT2D eigenvalue weighted by molar-refractivity contribution is 6.08. The third-order valence-corrected chi connectivity index (χ3v) is 2.80. The maximum Gasteiger partial charge on any atom is 0.325 e. The lowest BCUT2D eigenvalue weighted by atomic mass is 10.1. The quantitative estimate of drug-likeness (QED) is 0.618. The van der Waals surface area contributed by atoms with Crippen molar-refractivity contribution in [2.45, 2.75) is 0 Å². The van der Waals surface area contributed by atoms with Crippen molar-refractivity contribution in [1.29, 1.82) is 0 Å². The van der Waals surface area contributed by atoms with Crippen molar-refractivity contribution >= 4 is 17.3 Å². The molecule has 0 saturated carbocycles. The van der Waals surface area contributed by atoms with Gasteiger partial charge in [0.2, 0.25) is 0 Å². The Labute approximate surface area is 117 Å². The minimum Gasteiger partial charge on any atom is -0.312 e. The minimum absolute atomic E-state index is 0.127. The summed E-state index contributed by atoms with van der Waals surface area (Å²) < 4.78 is 0. The molecular formula is C12H10N4O5. The van der Waals surface area contributed by atoms with E-state index in [4.69, 9.17) is 0 Å². The van der Waals surface area contributed by atoms with Gasteiger partial charge in [0.15, 0.2) is 0 Å². The topological polar surface area (TPSA) is 129 Å². The fourth-order valence-corrected chi connectivity index (χ4v) is 1.76. The van der Waals surface area contributed by atoms with E-state index in [0.717, 1.165) is 11.1 Å². The van der Waals surface area contributed by atoms with Crippen molar-refractivity contribution in [2.24, 2.45) is 0 Å². The molecule has 108 valence electrons. The van der Waals surface area contributed by atoms with Gasteiger partial charge in [-0.1, -0.05) is 12.1 Å². The highest BCUT2D eigenvalue weighted by Crippen LogP contribution is 2.20. The molecule has 0 spiro atoms. The van der Waals surface area contributed by atoms with E-state index in [1.54, 1.807) is 0 Å². The van der Waals surface area contributed by atoms with Crippen LogP contribution in [-0.4, -0.2) is 27.8 Å². The lowest BCUT2D eigenvalue weighted by Gasteiger charge is -2.15. The zero-order valence-corrected chi connectivity index (χ0v) is 10.8. The number of para-hydroxylation sites is 1. The molecule has 1 amide bonds. The van der Waals surface area contributed by atoms with Gasteiger partial charge in [-0.3, -0.25) is 24.7 Å². The first-order valence-electron chi connectivity index (χ1n) is 5.75. The maximum absolute atomic E-state index is 12.3. The van der Waals surface area contributed by atoms with Crippen molar-refractivity contribution in [1.82, 2.24) is 9.97 Å². The summed E-state index contributed by atoms with van der Waals surface area (Å²) in [6, 6.07) is 5.39. The van der Waals surface area contributed by atoms with Crippen LogP contribution in [0.3, 0.4) is 0 Å². The number of nitro benzene ring substituents is 1. The van der Waals surface area contributed by atoms with E-state index in [2.05, 4.69) is 4.98 Å². The number of aromatic amines is 2. The van der Waals surface area contributed by atoms with Crippen molar-refractivity contribution in [3.05, 3.63) is 67.0 Å². The molecule has 0 saturated heterocycles. The van der Waals surface area contributed by atoms with Gasteiger partial charge in [0.1, 0.15) is 11.3 Å². The van der Waals surface area contributed by atoms with Gasteiger partial charge < -0.3 is 9.88 Å². The SMILES string of the molecule is CN(C(=O)c1ccccc1[N+](=O)[O-])c1c[nH]c(=O)[nH]c1=O. The smallest absolute Gasteiger partial charge is 0.312 e. The lowest BCUT2D eigenvalue weighted by Crippen LogP contribution is -2.34. The number of amides is 1. The molecular weight excluding hydrogens is 280 g/mol. The Morgan fingerprint density at radius 2 is 1.95 bits per heavy atom.